The summed E-state index contributed by atoms with van der Waals surface area (Å²) < 4.78 is 43.1. The largest absolute Gasteiger partial charge is 0.454 e. The average Bonchev–Trinajstić information content (AvgIpc) is 3.61. The fourth-order valence-electron chi connectivity index (χ4n) is 6.00. The smallest absolute Gasteiger partial charge is 0.231 e. The Morgan fingerprint density at radius 3 is 2.51 bits per heavy atom. The minimum absolute atomic E-state index is 0.00420. The van der Waals surface area contributed by atoms with Gasteiger partial charge in [0.15, 0.2) is 11.5 Å². The summed E-state index contributed by atoms with van der Waals surface area (Å²) in [6.07, 6.45) is 7.20. The molecule has 2 bridgehead atoms. The van der Waals surface area contributed by atoms with Crippen molar-refractivity contribution in [1.29, 1.82) is 0 Å². The van der Waals surface area contributed by atoms with E-state index in [9.17, 15) is 4.39 Å². The Bertz CT molecular complexity index is 1600. The highest BCUT2D eigenvalue weighted by molar-refractivity contribution is 5.92. The van der Waals surface area contributed by atoms with Gasteiger partial charge in [-0.1, -0.05) is 12.1 Å². The summed E-state index contributed by atoms with van der Waals surface area (Å²) in [5, 5.41) is 0. The quantitative estimate of drug-likeness (QED) is 0.395. The molecular formula is C27H22F2N6O2. The molecule has 5 heterocycles. The topological polar surface area (TPSA) is 82.3 Å². The molecule has 3 aliphatic rings. The number of hydrogen-bond donors (Lipinski definition) is 1. The van der Waals surface area contributed by atoms with E-state index in [1.165, 1.54) is 18.2 Å². The number of anilines is 1. The van der Waals surface area contributed by atoms with Crippen molar-refractivity contribution in [2.75, 3.05) is 11.7 Å². The third kappa shape index (κ3) is 3.34. The lowest BCUT2D eigenvalue weighted by Gasteiger charge is -2.39. The lowest BCUT2D eigenvalue weighted by Crippen LogP contribution is -2.48. The lowest BCUT2D eigenvalue weighted by molar-refractivity contribution is 0.174. The monoisotopic (exact) mass is 500 g/mol. The predicted octanol–water partition coefficient (Wildman–Crippen LogP) is 5.08. The maximum atomic E-state index is 15.6. The number of ether oxygens (including phenoxy) is 2. The highest BCUT2D eigenvalue weighted by Gasteiger charge is 2.42. The third-order valence-corrected chi connectivity index (χ3v) is 7.60. The molecule has 37 heavy (non-hydrogen) atoms. The second kappa shape index (κ2) is 8.15. The van der Waals surface area contributed by atoms with E-state index in [1.807, 2.05) is 10.6 Å². The molecule has 0 aliphatic carbocycles. The van der Waals surface area contributed by atoms with Gasteiger partial charge in [0.1, 0.15) is 17.3 Å². The Labute approximate surface area is 211 Å². The Balaban J connectivity index is 1.51. The number of piperidine rings is 1. The number of rotatable bonds is 3. The maximum absolute atomic E-state index is 15.6. The van der Waals surface area contributed by atoms with Crippen LogP contribution in [0.25, 0.3) is 32.9 Å². The predicted molar refractivity (Wildman–Crippen MR) is 133 cm³/mol. The van der Waals surface area contributed by atoms with Crippen molar-refractivity contribution in [2.24, 2.45) is 5.73 Å². The Kier molecular flexibility index (Phi) is 4.84. The number of hydrogen-bond acceptors (Lipinski definition) is 6. The van der Waals surface area contributed by atoms with Gasteiger partial charge in [0.25, 0.3) is 0 Å². The molecule has 2 fully saturated rings. The molecule has 2 atom stereocenters. The van der Waals surface area contributed by atoms with Crippen molar-refractivity contribution in [3.8, 4) is 33.9 Å². The van der Waals surface area contributed by atoms with Gasteiger partial charge in [0.2, 0.25) is 18.4 Å². The maximum Gasteiger partial charge on any atom is 0.231 e. The first-order valence-corrected chi connectivity index (χ1v) is 12.2. The minimum atomic E-state index is -0.666. The van der Waals surface area contributed by atoms with E-state index < -0.39 is 11.6 Å². The second-order valence-corrected chi connectivity index (χ2v) is 9.74. The van der Waals surface area contributed by atoms with Crippen molar-refractivity contribution in [3.05, 3.63) is 65.8 Å². The van der Waals surface area contributed by atoms with E-state index in [4.69, 9.17) is 26.8 Å². The van der Waals surface area contributed by atoms with E-state index in [-0.39, 0.29) is 36.2 Å². The number of fused-ring (bicyclic) bond motifs is 4. The van der Waals surface area contributed by atoms with Crippen LogP contribution in [0.4, 0.5) is 20.4 Å². The van der Waals surface area contributed by atoms with Crippen LogP contribution in [0.3, 0.4) is 0 Å². The zero-order valence-corrected chi connectivity index (χ0v) is 19.7. The third-order valence-electron chi connectivity index (χ3n) is 7.60. The molecule has 186 valence electrons. The second-order valence-electron chi connectivity index (χ2n) is 9.74. The molecule has 0 amide bonds. The van der Waals surface area contributed by atoms with Crippen molar-refractivity contribution in [1.82, 2.24) is 14.4 Å². The summed E-state index contributed by atoms with van der Waals surface area (Å²) in [6, 6.07) is 7.78. The van der Waals surface area contributed by atoms with Crippen molar-refractivity contribution in [3.63, 3.8) is 0 Å². The summed E-state index contributed by atoms with van der Waals surface area (Å²) in [7, 11) is 0. The van der Waals surface area contributed by atoms with Crippen LogP contribution >= 0.6 is 0 Å². The zero-order chi connectivity index (χ0) is 25.3. The van der Waals surface area contributed by atoms with Crippen LogP contribution in [0.15, 0.2) is 42.7 Å². The molecule has 2 unspecified atom stereocenters. The summed E-state index contributed by atoms with van der Waals surface area (Å²) >= 11 is 0. The van der Waals surface area contributed by atoms with Gasteiger partial charge in [0, 0.05) is 47.7 Å². The fourth-order valence-corrected chi connectivity index (χ4v) is 6.00. The number of imidazole rings is 1. The van der Waals surface area contributed by atoms with Crippen LogP contribution in [0.2, 0.25) is 0 Å². The highest BCUT2D eigenvalue weighted by atomic mass is 19.1. The van der Waals surface area contributed by atoms with Crippen LogP contribution in [-0.4, -0.2) is 39.3 Å². The first kappa shape index (κ1) is 22.0. The number of aromatic nitrogens is 3. The van der Waals surface area contributed by atoms with Crippen molar-refractivity contribution < 1.29 is 18.3 Å². The van der Waals surface area contributed by atoms with Crippen molar-refractivity contribution >= 4 is 17.3 Å². The molecule has 3 aliphatic heterocycles. The average molecular weight is 501 g/mol. The van der Waals surface area contributed by atoms with Crippen LogP contribution < -0.4 is 20.1 Å². The van der Waals surface area contributed by atoms with Gasteiger partial charge < -0.3 is 20.1 Å². The highest BCUT2D eigenvalue weighted by Crippen LogP contribution is 2.45. The van der Waals surface area contributed by atoms with Crippen LogP contribution in [-0.2, 0) is 0 Å². The van der Waals surface area contributed by atoms with Crippen LogP contribution in [0.5, 0.6) is 11.5 Å². The molecule has 10 heteroatoms. The zero-order valence-electron chi connectivity index (χ0n) is 19.7. The SMILES string of the molecule is [C-]#[N+]c1ccc(-c2nc(N3C4CCC3CC(N)C4)n3ccnc3c2-c2cc3c(cc2F)OCO3)cc1F. The number of nitrogens with zero attached hydrogens (tertiary/aromatic N) is 5. The molecule has 8 nitrogen and oxygen atoms in total. The number of nitrogens with two attached hydrogens (primary N) is 1. The summed E-state index contributed by atoms with van der Waals surface area (Å²) in [6.45, 7) is 7.23. The van der Waals surface area contributed by atoms with Crippen molar-refractivity contribution in [2.45, 2.75) is 43.8 Å². The summed E-state index contributed by atoms with van der Waals surface area (Å²) in [5.41, 5.74) is 8.13. The molecule has 2 saturated heterocycles. The molecule has 2 N–H and O–H groups in total. The van der Waals surface area contributed by atoms with Gasteiger partial charge >= 0.3 is 0 Å². The van der Waals surface area contributed by atoms with E-state index in [1.54, 1.807) is 18.3 Å². The number of halogens is 2. The van der Waals surface area contributed by atoms with E-state index >= 15 is 4.39 Å². The Morgan fingerprint density at radius 1 is 1.03 bits per heavy atom. The van der Waals surface area contributed by atoms with Gasteiger partial charge in [-0.25, -0.2) is 23.6 Å². The van der Waals surface area contributed by atoms with E-state index in [2.05, 4.69) is 14.7 Å². The fraction of sp³-hybridized carbons (Fsp3) is 0.296. The summed E-state index contributed by atoms with van der Waals surface area (Å²) in [4.78, 5) is 15.2. The first-order valence-electron chi connectivity index (χ1n) is 12.2. The van der Waals surface area contributed by atoms with E-state index in [0.29, 0.717) is 39.9 Å². The molecule has 2 aromatic carbocycles. The molecule has 0 radical (unpaired) electrons. The molecule has 2 aromatic heterocycles. The van der Waals surface area contributed by atoms with Crippen LogP contribution in [0, 0.1) is 18.2 Å². The van der Waals surface area contributed by atoms with Gasteiger partial charge in [-0.15, -0.1) is 0 Å². The number of benzene rings is 2. The molecule has 4 aromatic rings. The standard InChI is InChI=1S/C27H22F2N6O2/c1-31-21-5-2-14(8-20(21)29)25-24(18-11-22-23(12-19(18)28)37-13-36-22)26-32-6-7-34(26)27(33-25)35-16-3-4-17(35)10-15(30)9-16/h2,5-8,11-12,15-17H,3-4,9-10,13,30H2. The summed E-state index contributed by atoms with van der Waals surface area (Å²) in [5.74, 6) is 0.197. The minimum Gasteiger partial charge on any atom is -0.454 e. The Hall–Kier alpha value is -4.23. The molecule has 0 saturated carbocycles. The van der Waals surface area contributed by atoms with E-state index in [0.717, 1.165) is 25.7 Å². The van der Waals surface area contributed by atoms with Gasteiger partial charge in [-0.2, -0.15) is 0 Å². The van der Waals surface area contributed by atoms with Crippen LogP contribution in [0.1, 0.15) is 25.7 Å². The van der Waals surface area contributed by atoms with Gasteiger partial charge in [0.05, 0.1) is 17.8 Å². The lowest BCUT2D eigenvalue weighted by atomic mass is 9.97. The van der Waals surface area contributed by atoms with Gasteiger partial charge in [-0.3, -0.25) is 4.40 Å². The van der Waals surface area contributed by atoms with Gasteiger partial charge in [-0.05, 0) is 37.8 Å². The molecule has 7 rings (SSSR count). The molecule has 0 spiro atoms. The normalized spacial score (nSPS) is 22.0. The molecular weight excluding hydrogens is 478 g/mol. The Morgan fingerprint density at radius 2 is 1.78 bits per heavy atom. The first-order chi connectivity index (χ1) is 18.0.